The Morgan fingerprint density at radius 3 is 2.31 bits per heavy atom. The molecule has 0 aliphatic carbocycles. The van der Waals surface area contributed by atoms with Crippen LogP contribution in [0, 0.1) is 5.41 Å². The van der Waals surface area contributed by atoms with Gasteiger partial charge in [-0.2, -0.15) is 0 Å². The van der Waals surface area contributed by atoms with Crippen LogP contribution in [0.3, 0.4) is 0 Å². The van der Waals surface area contributed by atoms with Crippen LogP contribution in [0.15, 0.2) is 0 Å². The normalized spacial score (nSPS) is 15.6. The van der Waals surface area contributed by atoms with Gasteiger partial charge in [0.05, 0.1) is 7.11 Å². The van der Waals surface area contributed by atoms with Gasteiger partial charge in [0.2, 0.25) is 0 Å². The van der Waals surface area contributed by atoms with E-state index in [-0.39, 0.29) is 30.1 Å². The molecule has 0 spiro atoms. The summed E-state index contributed by atoms with van der Waals surface area (Å²) in [6, 6.07) is -0.192. The average molecular weight is 231 g/mol. The second-order valence-electron chi connectivity index (χ2n) is 5.08. The van der Waals surface area contributed by atoms with Crippen LogP contribution in [0.4, 0.5) is 0 Å². The molecule has 2 unspecified atom stereocenters. The van der Waals surface area contributed by atoms with Crippen LogP contribution in [0.1, 0.15) is 40.5 Å². The van der Waals surface area contributed by atoms with Crippen LogP contribution in [-0.4, -0.2) is 36.9 Å². The minimum Gasteiger partial charge on any atom is -0.468 e. The van der Waals surface area contributed by atoms with Gasteiger partial charge in [-0.15, -0.1) is 0 Å². The van der Waals surface area contributed by atoms with Crippen LogP contribution in [-0.2, 0) is 9.53 Å². The first-order valence-electron chi connectivity index (χ1n) is 5.81. The van der Waals surface area contributed by atoms with Crippen LogP contribution in [0.2, 0.25) is 0 Å². The summed E-state index contributed by atoms with van der Waals surface area (Å²) >= 11 is 0. The first-order chi connectivity index (χ1) is 7.36. The maximum absolute atomic E-state index is 11.5. The summed E-state index contributed by atoms with van der Waals surface area (Å²) in [4.78, 5) is 11.5. The van der Waals surface area contributed by atoms with Gasteiger partial charge < -0.3 is 15.2 Å². The molecule has 0 aliphatic heterocycles. The predicted octanol–water partition coefficient (Wildman–Crippen LogP) is 1.32. The van der Waals surface area contributed by atoms with Gasteiger partial charge in [-0.1, -0.05) is 27.7 Å². The number of hydrogen-bond donors (Lipinski definition) is 2. The summed E-state index contributed by atoms with van der Waals surface area (Å²) in [6.07, 6.45) is 1.32. The minimum atomic E-state index is -0.291. The Balaban J connectivity index is 4.53. The second kappa shape index (κ2) is 6.86. The SMILES string of the molecule is CCC(NC(CCO)C(C)(C)C)C(=O)OC. The molecule has 0 amide bonds. The van der Waals surface area contributed by atoms with Crippen molar-refractivity contribution in [1.82, 2.24) is 5.32 Å². The standard InChI is InChI=1S/C12H25NO3/c1-6-9(11(15)16-5)13-10(7-8-14)12(2,3)4/h9-10,13-14H,6-8H2,1-5H3. The molecule has 0 radical (unpaired) electrons. The number of ether oxygens (including phenoxy) is 1. The fraction of sp³-hybridized carbons (Fsp3) is 0.917. The summed E-state index contributed by atoms with van der Waals surface area (Å²) in [5.74, 6) is -0.241. The molecule has 4 nitrogen and oxygen atoms in total. The second-order valence-corrected chi connectivity index (χ2v) is 5.08. The van der Waals surface area contributed by atoms with E-state index in [1.54, 1.807) is 0 Å². The summed E-state index contributed by atoms with van der Waals surface area (Å²) < 4.78 is 4.73. The third-order valence-electron chi connectivity index (χ3n) is 2.76. The molecule has 2 N–H and O–H groups in total. The highest BCUT2D eigenvalue weighted by Gasteiger charge is 2.28. The number of hydrogen-bond acceptors (Lipinski definition) is 4. The number of carbonyl (C=O) groups excluding carboxylic acids is 1. The van der Waals surface area contributed by atoms with Crippen molar-refractivity contribution in [1.29, 1.82) is 0 Å². The van der Waals surface area contributed by atoms with Gasteiger partial charge in [0.25, 0.3) is 0 Å². The minimum absolute atomic E-state index is 0.00414. The molecule has 96 valence electrons. The highest BCUT2D eigenvalue weighted by molar-refractivity contribution is 5.75. The van der Waals surface area contributed by atoms with Crippen LogP contribution < -0.4 is 5.32 Å². The van der Waals surface area contributed by atoms with E-state index in [4.69, 9.17) is 9.84 Å². The Kier molecular flexibility index (Phi) is 6.60. The number of aliphatic hydroxyl groups excluding tert-OH is 1. The molecule has 0 saturated heterocycles. The smallest absolute Gasteiger partial charge is 0.322 e. The lowest BCUT2D eigenvalue weighted by Crippen LogP contribution is -2.49. The summed E-state index contributed by atoms with van der Waals surface area (Å²) in [5, 5.41) is 12.3. The topological polar surface area (TPSA) is 58.6 Å². The maximum Gasteiger partial charge on any atom is 0.322 e. The van der Waals surface area contributed by atoms with E-state index in [2.05, 4.69) is 26.1 Å². The number of carbonyl (C=O) groups is 1. The van der Waals surface area contributed by atoms with E-state index in [9.17, 15) is 4.79 Å². The van der Waals surface area contributed by atoms with Gasteiger partial charge in [0.1, 0.15) is 6.04 Å². The molecule has 0 aliphatic rings. The zero-order valence-electron chi connectivity index (χ0n) is 11.0. The van der Waals surface area contributed by atoms with Gasteiger partial charge >= 0.3 is 5.97 Å². The first kappa shape index (κ1) is 15.4. The maximum atomic E-state index is 11.5. The first-order valence-corrected chi connectivity index (χ1v) is 5.81. The van der Waals surface area contributed by atoms with Crippen molar-refractivity contribution in [3.05, 3.63) is 0 Å². The average Bonchev–Trinajstić information content (AvgIpc) is 2.21. The largest absolute Gasteiger partial charge is 0.468 e. The summed E-state index contributed by atoms with van der Waals surface area (Å²) in [5.41, 5.74) is 0.00414. The van der Waals surface area contributed by atoms with E-state index in [0.29, 0.717) is 12.8 Å². The van der Waals surface area contributed by atoms with Crippen LogP contribution in [0.5, 0.6) is 0 Å². The molecular weight excluding hydrogens is 206 g/mol. The van der Waals surface area contributed by atoms with Gasteiger partial charge in [0.15, 0.2) is 0 Å². The Labute approximate surface area is 98.4 Å². The fourth-order valence-corrected chi connectivity index (χ4v) is 1.63. The van der Waals surface area contributed by atoms with E-state index in [0.717, 1.165) is 0 Å². The fourth-order valence-electron chi connectivity index (χ4n) is 1.63. The van der Waals surface area contributed by atoms with Gasteiger partial charge in [-0.25, -0.2) is 0 Å². The highest BCUT2D eigenvalue weighted by Crippen LogP contribution is 2.22. The molecule has 0 fully saturated rings. The van der Waals surface area contributed by atoms with Crippen molar-refractivity contribution in [3.8, 4) is 0 Å². The summed E-state index contributed by atoms with van der Waals surface area (Å²) in [6.45, 7) is 8.32. The summed E-state index contributed by atoms with van der Waals surface area (Å²) in [7, 11) is 1.39. The predicted molar refractivity (Wildman–Crippen MR) is 64.2 cm³/mol. The number of nitrogens with one attached hydrogen (secondary N) is 1. The van der Waals surface area contributed by atoms with Crippen molar-refractivity contribution < 1.29 is 14.6 Å². The molecule has 4 heteroatoms. The molecule has 16 heavy (non-hydrogen) atoms. The van der Waals surface area contributed by atoms with Gasteiger partial charge in [-0.3, -0.25) is 4.79 Å². The van der Waals surface area contributed by atoms with Crippen LogP contribution in [0.25, 0.3) is 0 Å². The molecule has 0 rings (SSSR count). The number of esters is 1. The lowest BCUT2D eigenvalue weighted by molar-refractivity contribution is -0.143. The van der Waals surface area contributed by atoms with Crippen molar-refractivity contribution in [2.24, 2.45) is 5.41 Å². The Morgan fingerprint density at radius 2 is 2.00 bits per heavy atom. The van der Waals surface area contributed by atoms with E-state index < -0.39 is 0 Å². The third-order valence-corrected chi connectivity index (χ3v) is 2.76. The van der Waals surface area contributed by atoms with Crippen molar-refractivity contribution >= 4 is 5.97 Å². The van der Waals surface area contributed by atoms with Crippen LogP contribution >= 0.6 is 0 Å². The molecular formula is C12H25NO3. The van der Waals surface area contributed by atoms with E-state index in [1.165, 1.54) is 7.11 Å². The molecule has 0 heterocycles. The number of rotatable bonds is 6. The monoisotopic (exact) mass is 231 g/mol. The lowest BCUT2D eigenvalue weighted by atomic mass is 9.84. The Morgan fingerprint density at radius 1 is 1.44 bits per heavy atom. The molecule has 0 aromatic heterocycles. The number of aliphatic hydroxyl groups is 1. The molecule has 2 atom stereocenters. The lowest BCUT2D eigenvalue weighted by Gasteiger charge is -2.33. The Hall–Kier alpha value is -0.610. The van der Waals surface area contributed by atoms with Gasteiger partial charge in [-0.05, 0) is 18.3 Å². The zero-order valence-corrected chi connectivity index (χ0v) is 11.0. The van der Waals surface area contributed by atoms with E-state index >= 15 is 0 Å². The van der Waals surface area contributed by atoms with Crippen molar-refractivity contribution in [3.63, 3.8) is 0 Å². The highest BCUT2D eigenvalue weighted by atomic mass is 16.5. The van der Waals surface area contributed by atoms with E-state index in [1.807, 2.05) is 6.92 Å². The molecule has 0 aromatic rings. The molecule has 0 bridgehead atoms. The Bertz CT molecular complexity index is 211. The molecule has 0 saturated carbocycles. The number of methoxy groups -OCH3 is 1. The third kappa shape index (κ3) is 4.94. The zero-order chi connectivity index (χ0) is 12.8. The quantitative estimate of drug-likeness (QED) is 0.677. The van der Waals surface area contributed by atoms with Crippen molar-refractivity contribution in [2.45, 2.75) is 52.6 Å². The van der Waals surface area contributed by atoms with Crippen molar-refractivity contribution in [2.75, 3.05) is 13.7 Å². The van der Waals surface area contributed by atoms with Gasteiger partial charge in [0, 0.05) is 12.6 Å². The molecule has 0 aromatic carbocycles.